The van der Waals surface area contributed by atoms with Crippen LogP contribution in [-0.4, -0.2) is 82.7 Å². The zero-order chi connectivity index (χ0) is 26.7. The topological polar surface area (TPSA) is 143 Å². The van der Waals surface area contributed by atoms with Crippen molar-refractivity contribution in [3.8, 4) is 0 Å². The molecule has 4 N–H and O–H groups in total. The molecule has 9 heteroatoms. The number of carbonyl (C=O) groups is 2. The summed E-state index contributed by atoms with van der Waals surface area (Å²) in [6.07, 6.45) is 1.50. The van der Waals surface area contributed by atoms with Gasteiger partial charge in [0.05, 0.1) is 13.2 Å². The number of aliphatic hydroxyl groups excluding tert-OH is 4. The van der Waals surface area contributed by atoms with Gasteiger partial charge in [0.2, 0.25) is 0 Å². The molecule has 4 saturated carbocycles. The van der Waals surface area contributed by atoms with Gasteiger partial charge in [0.1, 0.15) is 24.9 Å². The number of hydrogen-bond acceptors (Lipinski definition) is 9. The molecule has 9 nitrogen and oxygen atoms in total. The number of ketones is 1. The van der Waals surface area contributed by atoms with Gasteiger partial charge >= 0.3 is 5.97 Å². The molecule has 1 saturated heterocycles. The highest BCUT2D eigenvalue weighted by atomic mass is 16.7. The van der Waals surface area contributed by atoms with Gasteiger partial charge in [-0.05, 0) is 92.3 Å². The summed E-state index contributed by atoms with van der Waals surface area (Å²) in [5.74, 6) is 1.39. The molecule has 210 valence electrons. The van der Waals surface area contributed by atoms with Crippen LogP contribution in [0.5, 0.6) is 0 Å². The molecule has 0 aromatic rings. The average Bonchev–Trinajstić information content (AvgIpc) is 3.25. The van der Waals surface area contributed by atoms with E-state index in [1.807, 2.05) is 0 Å². The number of aliphatic hydroxyl groups is 4. The molecule has 0 amide bonds. The summed E-state index contributed by atoms with van der Waals surface area (Å²) in [7, 11) is 1.17. The summed E-state index contributed by atoms with van der Waals surface area (Å²) in [4.78, 5) is 24.5. The van der Waals surface area contributed by atoms with Crippen molar-refractivity contribution in [1.82, 2.24) is 0 Å². The Hall–Kier alpha value is -1.10. The summed E-state index contributed by atoms with van der Waals surface area (Å²) in [5.41, 5.74) is 0.181. The van der Waals surface area contributed by atoms with Crippen LogP contribution < -0.4 is 0 Å². The molecule has 4 aliphatic carbocycles. The predicted octanol–water partition coefficient (Wildman–Crippen LogP) is 1.57. The first-order chi connectivity index (χ1) is 17.5. The quantitative estimate of drug-likeness (QED) is 0.311. The van der Waals surface area contributed by atoms with E-state index in [0.29, 0.717) is 23.7 Å². The van der Waals surface area contributed by atoms with Gasteiger partial charge in [0, 0.05) is 5.92 Å². The summed E-state index contributed by atoms with van der Waals surface area (Å²) in [6.45, 7) is 4.37. The van der Waals surface area contributed by atoms with Crippen molar-refractivity contribution in [2.45, 2.75) is 108 Å². The number of hydrogen-bond donors (Lipinski definition) is 4. The van der Waals surface area contributed by atoms with Crippen LogP contribution in [0.15, 0.2) is 0 Å². The van der Waals surface area contributed by atoms with Crippen LogP contribution in [0.4, 0.5) is 0 Å². The van der Waals surface area contributed by atoms with E-state index in [9.17, 15) is 30.0 Å². The minimum Gasteiger partial charge on any atom is -0.467 e. The highest BCUT2D eigenvalue weighted by Crippen LogP contribution is 2.67. The second-order valence-electron chi connectivity index (χ2n) is 12.9. The molecular weight excluding hydrogens is 480 g/mol. The summed E-state index contributed by atoms with van der Waals surface area (Å²) < 4.78 is 16.4. The molecule has 0 spiro atoms. The SMILES string of the molecule is COC(=O)C1O[C@@H](O[C@@H]2CCC3(C)C(CCC4C3CCC3(C)C(C(=O)CO)CCC43)C2)[C@H](O)[C@@H](O)[C@@H]1O. The molecule has 13 atom stereocenters. The van der Waals surface area contributed by atoms with E-state index in [0.717, 1.165) is 57.8 Å². The van der Waals surface area contributed by atoms with Crippen LogP contribution in [0.1, 0.15) is 71.6 Å². The van der Waals surface area contributed by atoms with Crippen LogP contribution in [0.3, 0.4) is 0 Å². The lowest BCUT2D eigenvalue weighted by atomic mass is 9.44. The number of Topliss-reactive ketones (excluding diaryl/α,β-unsaturated/α-hetero) is 1. The molecule has 1 aliphatic heterocycles. The van der Waals surface area contributed by atoms with E-state index in [-0.39, 0.29) is 35.2 Å². The molecule has 0 aromatic carbocycles. The van der Waals surface area contributed by atoms with Crippen LogP contribution in [-0.2, 0) is 23.8 Å². The van der Waals surface area contributed by atoms with E-state index >= 15 is 0 Å². The molecule has 0 radical (unpaired) electrons. The van der Waals surface area contributed by atoms with E-state index in [1.54, 1.807) is 0 Å². The Bertz CT molecular complexity index is 880. The molecular formula is C28H44O9. The molecule has 5 aliphatic rings. The first kappa shape index (κ1) is 27.5. The van der Waals surface area contributed by atoms with Gasteiger partial charge in [-0.15, -0.1) is 0 Å². The Morgan fingerprint density at radius 1 is 0.892 bits per heavy atom. The third-order valence-corrected chi connectivity index (χ3v) is 11.5. The maximum atomic E-state index is 12.5. The molecule has 8 unspecified atom stereocenters. The van der Waals surface area contributed by atoms with Crippen LogP contribution in [0, 0.1) is 40.4 Å². The molecule has 1 heterocycles. The van der Waals surface area contributed by atoms with E-state index < -0.39 is 36.7 Å². The molecule has 0 bridgehead atoms. The van der Waals surface area contributed by atoms with Gasteiger partial charge < -0.3 is 34.6 Å². The minimum absolute atomic E-state index is 0.000525. The fraction of sp³-hybridized carbons (Fsp3) is 0.929. The van der Waals surface area contributed by atoms with Gasteiger partial charge in [-0.25, -0.2) is 4.79 Å². The largest absolute Gasteiger partial charge is 0.467 e. The van der Waals surface area contributed by atoms with Gasteiger partial charge in [0.15, 0.2) is 18.2 Å². The Labute approximate surface area is 218 Å². The number of ether oxygens (including phenoxy) is 3. The lowest BCUT2D eigenvalue weighted by Gasteiger charge is -2.61. The number of fused-ring (bicyclic) bond motifs is 5. The number of methoxy groups -OCH3 is 1. The van der Waals surface area contributed by atoms with Crippen molar-refractivity contribution in [1.29, 1.82) is 0 Å². The Balaban J connectivity index is 1.25. The highest BCUT2D eigenvalue weighted by Gasteiger charge is 2.61. The van der Waals surface area contributed by atoms with Crippen LogP contribution in [0.25, 0.3) is 0 Å². The third kappa shape index (κ3) is 4.38. The average molecular weight is 525 g/mol. The first-order valence-electron chi connectivity index (χ1n) is 14.1. The van der Waals surface area contributed by atoms with Gasteiger partial charge in [-0.3, -0.25) is 4.79 Å². The maximum absolute atomic E-state index is 12.5. The first-order valence-corrected chi connectivity index (χ1v) is 14.1. The Morgan fingerprint density at radius 2 is 1.59 bits per heavy atom. The Kier molecular flexibility index (Phi) is 7.53. The molecule has 0 aromatic heterocycles. The predicted molar refractivity (Wildman–Crippen MR) is 131 cm³/mol. The smallest absolute Gasteiger partial charge is 0.337 e. The van der Waals surface area contributed by atoms with Gasteiger partial charge in [-0.1, -0.05) is 13.8 Å². The summed E-state index contributed by atoms with van der Waals surface area (Å²) >= 11 is 0. The van der Waals surface area contributed by atoms with Crippen molar-refractivity contribution < 1.29 is 44.2 Å². The fourth-order valence-electron chi connectivity index (χ4n) is 9.44. The molecule has 5 fully saturated rings. The monoisotopic (exact) mass is 524 g/mol. The van der Waals surface area contributed by atoms with Crippen molar-refractivity contribution in [2.75, 3.05) is 13.7 Å². The standard InChI is InChI=1S/C28H44O9/c1-27-10-8-15(36-26-23(33)21(31)22(32)24(37-26)25(34)35-3)12-14(27)4-5-16-17-6-7-19(20(30)13-29)28(17,2)11-9-18(16)27/h14-19,21-24,26,29,31-33H,4-13H2,1-3H3/t14?,15-,16?,17?,18?,19?,21+,22+,23-,24?,26-,27?,28?/m1/s1. The maximum Gasteiger partial charge on any atom is 0.337 e. The van der Waals surface area contributed by atoms with Crippen molar-refractivity contribution in [3.63, 3.8) is 0 Å². The van der Waals surface area contributed by atoms with E-state index in [4.69, 9.17) is 9.47 Å². The second kappa shape index (κ2) is 10.1. The summed E-state index contributed by atoms with van der Waals surface area (Å²) in [5, 5.41) is 40.5. The zero-order valence-corrected chi connectivity index (χ0v) is 22.3. The number of esters is 1. The van der Waals surface area contributed by atoms with Crippen LogP contribution in [0.2, 0.25) is 0 Å². The van der Waals surface area contributed by atoms with Gasteiger partial charge in [0.25, 0.3) is 0 Å². The summed E-state index contributed by atoms with van der Waals surface area (Å²) in [6, 6.07) is 0. The zero-order valence-electron chi connectivity index (χ0n) is 22.3. The molecule has 37 heavy (non-hydrogen) atoms. The third-order valence-electron chi connectivity index (χ3n) is 11.5. The van der Waals surface area contributed by atoms with Crippen molar-refractivity contribution >= 4 is 11.8 Å². The lowest BCUT2D eigenvalue weighted by molar-refractivity contribution is -0.310. The Morgan fingerprint density at radius 3 is 2.30 bits per heavy atom. The van der Waals surface area contributed by atoms with E-state index in [2.05, 4.69) is 18.6 Å². The fourth-order valence-corrected chi connectivity index (χ4v) is 9.44. The van der Waals surface area contributed by atoms with Crippen molar-refractivity contribution in [2.24, 2.45) is 40.4 Å². The van der Waals surface area contributed by atoms with E-state index in [1.165, 1.54) is 7.11 Å². The van der Waals surface area contributed by atoms with Crippen molar-refractivity contribution in [3.05, 3.63) is 0 Å². The second-order valence-corrected chi connectivity index (χ2v) is 12.9. The van der Waals surface area contributed by atoms with Crippen LogP contribution >= 0.6 is 0 Å². The number of rotatable bonds is 5. The van der Waals surface area contributed by atoms with Gasteiger partial charge in [-0.2, -0.15) is 0 Å². The normalized spacial score (nSPS) is 51.5. The highest BCUT2D eigenvalue weighted by molar-refractivity contribution is 5.83. The lowest BCUT2D eigenvalue weighted by Crippen LogP contribution is -2.61. The number of carbonyl (C=O) groups excluding carboxylic acids is 2. The minimum atomic E-state index is -1.59. The molecule has 5 rings (SSSR count).